The molecule has 12 nitrogen and oxygen atoms in total. The van der Waals surface area contributed by atoms with E-state index in [1.54, 1.807) is 29.3 Å². The number of rotatable bonds is 6. The fraction of sp³-hybridized carbons (Fsp3) is 0.429. The van der Waals surface area contributed by atoms with Crippen LogP contribution in [0.3, 0.4) is 0 Å². The van der Waals surface area contributed by atoms with E-state index in [4.69, 9.17) is 4.74 Å². The zero-order chi connectivity index (χ0) is 24.7. The lowest BCUT2D eigenvalue weighted by Crippen LogP contribution is -2.44. The molecule has 0 amide bonds. The molecule has 6 rings (SSSR count). The summed E-state index contributed by atoms with van der Waals surface area (Å²) in [7, 11) is 0. The van der Waals surface area contributed by atoms with Crippen molar-refractivity contribution >= 4 is 5.95 Å². The summed E-state index contributed by atoms with van der Waals surface area (Å²) in [5, 5.41) is 20.0. The zero-order valence-electron chi connectivity index (χ0n) is 18.8. The van der Waals surface area contributed by atoms with Crippen molar-refractivity contribution in [1.29, 1.82) is 0 Å². The molecule has 2 bridgehead atoms. The molecule has 2 aliphatic rings. The lowest BCUT2D eigenvalue weighted by atomic mass is 9.98. The van der Waals surface area contributed by atoms with E-state index < -0.39 is 11.7 Å². The van der Waals surface area contributed by atoms with Gasteiger partial charge in [-0.2, -0.15) is 32.8 Å². The van der Waals surface area contributed by atoms with Gasteiger partial charge in [-0.25, -0.2) is 15.0 Å². The first-order valence-corrected chi connectivity index (χ1v) is 11.3. The number of alkyl halides is 3. The summed E-state index contributed by atoms with van der Waals surface area (Å²) < 4.78 is 45.8. The number of pyridine rings is 1. The number of anilines is 1. The number of tetrazole rings is 1. The Balaban J connectivity index is 1.07. The van der Waals surface area contributed by atoms with E-state index in [0.29, 0.717) is 23.2 Å². The fourth-order valence-corrected chi connectivity index (χ4v) is 4.83. The summed E-state index contributed by atoms with van der Waals surface area (Å²) in [6, 6.07) is 3.85. The predicted octanol–water partition coefficient (Wildman–Crippen LogP) is 2.41. The fourth-order valence-electron chi connectivity index (χ4n) is 4.83. The van der Waals surface area contributed by atoms with E-state index in [1.165, 1.54) is 11.0 Å². The van der Waals surface area contributed by atoms with Gasteiger partial charge in [-0.1, -0.05) is 0 Å². The third kappa shape index (κ3) is 4.31. The maximum absolute atomic E-state index is 12.9. The van der Waals surface area contributed by atoms with Crippen molar-refractivity contribution in [3.63, 3.8) is 0 Å². The van der Waals surface area contributed by atoms with Crippen molar-refractivity contribution < 1.29 is 17.9 Å². The van der Waals surface area contributed by atoms with Crippen LogP contribution in [0, 0.1) is 0 Å². The zero-order valence-corrected chi connectivity index (χ0v) is 18.8. The molecule has 0 spiro atoms. The molecule has 2 fully saturated rings. The summed E-state index contributed by atoms with van der Waals surface area (Å²) in [5.41, 5.74) is -0.163. The summed E-state index contributed by atoms with van der Waals surface area (Å²) in [6.07, 6.45) is 5.34. The lowest BCUT2D eigenvalue weighted by Gasteiger charge is -2.38. The normalized spacial score (nSPS) is 21.6. The van der Waals surface area contributed by atoms with E-state index in [9.17, 15) is 13.2 Å². The van der Waals surface area contributed by atoms with E-state index in [0.717, 1.165) is 38.1 Å². The second-order valence-corrected chi connectivity index (χ2v) is 8.74. The first kappa shape index (κ1) is 22.3. The average Bonchev–Trinajstić information content (AvgIpc) is 3.63. The van der Waals surface area contributed by atoms with Crippen LogP contribution < -0.4 is 9.64 Å². The summed E-state index contributed by atoms with van der Waals surface area (Å²) in [4.78, 5) is 16.1. The molecule has 6 heterocycles. The topological polar surface area (TPSA) is 125 Å². The van der Waals surface area contributed by atoms with Crippen LogP contribution in [0.4, 0.5) is 19.1 Å². The number of fused-ring (bicyclic) bond motifs is 2. The third-order valence-corrected chi connectivity index (χ3v) is 6.48. The molecule has 4 aromatic heterocycles. The molecular formula is C21H20F3N11O. The van der Waals surface area contributed by atoms with Crippen LogP contribution in [0.5, 0.6) is 5.75 Å². The van der Waals surface area contributed by atoms with Gasteiger partial charge in [0.05, 0.1) is 24.0 Å². The molecule has 2 aliphatic heterocycles. The minimum atomic E-state index is -4.45. The van der Waals surface area contributed by atoms with Gasteiger partial charge in [-0.3, -0.25) is 0 Å². The summed E-state index contributed by atoms with van der Waals surface area (Å²) in [5.74, 6) is 1.49. The molecule has 0 aliphatic carbocycles. The van der Waals surface area contributed by atoms with Gasteiger partial charge in [0, 0.05) is 24.5 Å². The number of nitrogens with zero attached hydrogens (tertiary/aromatic N) is 11. The second kappa shape index (κ2) is 8.80. The Morgan fingerprint density at radius 1 is 0.944 bits per heavy atom. The third-order valence-electron chi connectivity index (χ3n) is 6.48. The number of aromatic nitrogens is 10. The summed E-state index contributed by atoms with van der Waals surface area (Å²) >= 11 is 0. The first-order chi connectivity index (χ1) is 17.4. The van der Waals surface area contributed by atoms with Crippen LogP contribution in [0.1, 0.15) is 43.0 Å². The van der Waals surface area contributed by atoms with E-state index in [1.807, 2.05) is 0 Å². The van der Waals surface area contributed by atoms with Crippen molar-refractivity contribution in [2.75, 3.05) is 4.90 Å². The lowest BCUT2D eigenvalue weighted by molar-refractivity contribution is -0.138. The van der Waals surface area contributed by atoms with Crippen LogP contribution in [0.2, 0.25) is 0 Å². The van der Waals surface area contributed by atoms with Crippen LogP contribution in [0.15, 0.2) is 43.2 Å². The van der Waals surface area contributed by atoms with E-state index >= 15 is 0 Å². The number of piperidine rings is 1. The van der Waals surface area contributed by atoms with Gasteiger partial charge in [-0.15, -0.1) is 5.10 Å². The highest BCUT2D eigenvalue weighted by Gasteiger charge is 2.43. The number of hydrogen-bond acceptors (Lipinski definition) is 10. The standard InChI is InChI=1S/C21H20F3N11O/c22-21(23,24)13-7-26-20(27-8-13)34-15-1-2-16(34)6-17(5-15)35-29-9-14(30-35)11-36-18-3-4-19(25-10-18)33-12-28-31-32-33/h3-4,7-10,12,15-17H,1-2,5-6,11H2/t15-,16+,17?. The molecule has 4 aromatic rings. The molecule has 1 unspecified atom stereocenters. The SMILES string of the molecule is FC(F)(F)c1cnc(N2[C@@H]3CC[C@H]2CC(n2ncc(COc4ccc(-n5cnnn5)nc4)n2)C3)nc1. The molecule has 0 aromatic carbocycles. The molecule has 0 radical (unpaired) electrons. The van der Waals surface area contributed by atoms with E-state index in [2.05, 4.69) is 45.6 Å². The first-order valence-electron chi connectivity index (χ1n) is 11.3. The molecule has 36 heavy (non-hydrogen) atoms. The maximum atomic E-state index is 12.9. The molecule has 2 saturated heterocycles. The number of halogens is 3. The van der Waals surface area contributed by atoms with Crippen LogP contribution in [-0.4, -0.2) is 62.2 Å². The Kier molecular flexibility index (Phi) is 5.45. The van der Waals surface area contributed by atoms with Crippen molar-refractivity contribution in [2.24, 2.45) is 0 Å². The van der Waals surface area contributed by atoms with Crippen molar-refractivity contribution in [2.45, 2.75) is 56.6 Å². The van der Waals surface area contributed by atoms with Gasteiger partial charge in [0.2, 0.25) is 5.95 Å². The monoisotopic (exact) mass is 499 g/mol. The molecule has 15 heteroatoms. The quantitative estimate of drug-likeness (QED) is 0.390. The van der Waals surface area contributed by atoms with Crippen molar-refractivity contribution in [1.82, 2.24) is 50.2 Å². The van der Waals surface area contributed by atoms with Gasteiger partial charge >= 0.3 is 6.18 Å². The number of hydrogen-bond donors (Lipinski definition) is 0. The van der Waals surface area contributed by atoms with Gasteiger partial charge in [0.1, 0.15) is 24.4 Å². The Labute approximate surface area is 202 Å². The second-order valence-electron chi connectivity index (χ2n) is 8.74. The maximum Gasteiger partial charge on any atom is 0.419 e. The minimum absolute atomic E-state index is 0.0826. The van der Waals surface area contributed by atoms with Gasteiger partial charge in [0.15, 0.2) is 5.82 Å². The highest BCUT2D eigenvalue weighted by molar-refractivity contribution is 5.38. The van der Waals surface area contributed by atoms with Crippen LogP contribution >= 0.6 is 0 Å². The molecule has 3 atom stereocenters. The molecule has 186 valence electrons. The van der Waals surface area contributed by atoms with Gasteiger partial charge < -0.3 is 9.64 Å². The van der Waals surface area contributed by atoms with E-state index in [-0.39, 0.29) is 24.7 Å². The highest BCUT2D eigenvalue weighted by atomic mass is 19.4. The van der Waals surface area contributed by atoms with Crippen LogP contribution in [0.25, 0.3) is 5.82 Å². The largest absolute Gasteiger partial charge is 0.486 e. The van der Waals surface area contributed by atoms with Crippen molar-refractivity contribution in [3.8, 4) is 11.6 Å². The van der Waals surface area contributed by atoms with Gasteiger partial charge in [0.25, 0.3) is 0 Å². The molecule has 0 saturated carbocycles. The number of ether oxygens (including phenoxy) is 1. The smallest absolute Gasteiger partial charge is 0.419 e. The Bertz CT molecular complexity index is 1290. The predicted molar refractivity (Wildman–Crippen MR) is 116 cm³/mol. The molecule has 0 N–H and O–H groups in total. The van der Waals surface area contributed by atoms with Crippen molar-refractivity contribution in [3.05, 3.63) is 54.5 Å². The highest BCUT2D eigenvalue weighted by Crippen LogP contribution is 2.42. The Morgan fingerprint density at radius 2 is 1.72 bits per heavy atom. The Morgan fingerprint density at radius 3 is 2.36 bits per heavy atom. The Hall–Kier alpha value is -4.17. The molecular weight excluding hydrogens is 479 g/mol. The van der Waals surface area contributed by atoms with Crippen LogP contribution in [-0.2, 0) is 12.8 Å². The van der Waals surface area contributed by atoms with Gasteiger partial charge in [-0.05, 0) is 48.2 Å². The summed E-state index contributed by atoms with van der Waals surface area (Å²) in [6.45, 7) is 0.233. The minimum Gasteiger partial charge on any atom is -0.486 e. The average molecular weight is 499 g/mol.